The number of benzene rings is 2. The van der Waals surface area contributed by atoms with Gasteiger partial charge in [-0.05, 0) is 26.2 Å². The van der Waals surface area contributed by atoms with Crippen molar-refractivity contribution >= 4 is 16.8 Å². The minimum atomic E-state index is 0.0182. The highest BCUT2D eigenvalue weighted by Crippen LogP contribution is 2.14. The van der Waals surface area contributed by atoms with Crippen molar-refractivity contribution in [3.8, 4) is 0 Å². The summed E-state index contributed by atoms with van der Waals surface area (Å²) in [6.45, 7) is 1.74. The molecule has 0 bridgehead atoms. The van der Waals surface area contributed by atoms with Gasteiger partial charge in [-0.25, -0.2) is 0 Å². The number of hydrogen-bond acceptors (Lipinski definition) is 3. The van der Waals surface area contributed by atoms with E-state index < -0.39 is 0 Å². The number of Topliss-reactive ketones (excluding diaryl/α,β-unsaturated/α-hetero) is 1. The fourth-order valence-electron chi connectivity index (χ4n) is 2.84. The Morgan fingerprint density at radius 1 is 0.958 bits per heavy atom. The molecule has 0 atom stereocenters. The highest BCUT2D eigenvalue weighted by atomic mass is 16.1. The average Bonchev–Trinajstić information content (AvgIpc) is 2.86. The molecule has 0 spiro atoms. The van der Waals surface area contributed by atoms with E-state index in [4.69, 9.17) is 5.41 Å². The number of nitrogens with zero attached hydrogens (tertiary/aromatic N) is 3. The molecular weight excluding hydrogens is 300 g/mol. The number of likely N-dealkylation sites (N-methyl/N-ethyl adjacent to an activating group) is 1. The smallest absolute Gasteiger partial charge is 0.203 e. The summed E-state index contributed by atoms with van der Waals surface area (Å²) in [6, 6.07) is 17.1. The van der Waals surface area contributed by atoms with Crippen LogP contribution in [0.25, 0.3) is 11.0 Å². The SMILES string of the molecule is CN(C)CCn1c(=N)n(CC(=O)c2ccccc2)c2ccccc21. The monoisotopic (exact) mass is 322 g/mol. The van der Waals surface area contributed by atoms with Gasteiger partial charge in [0, 0.05) is 18.7 Å². The quantitative estimate of drug-likeness (QED) is 0.708. The van der Waals surface area contributed by atoms with Gasteiger partial charge in [0.1, 0.15) is 0 Å². The minimum absolute atomic E-state index is 0.0182. The van der Waals surface area contributed by atoms with E-state index in [1.807, 2.05) is 73.3 Å². The first-order chi connectivity index (χ1) is 11.6. The van der Waals surface area contributed by atoms with Gasteiger partial charge in [-0.2, -0.15) is 0 Å². The van der Waals surface area contributed by atoms with Crippen LogP contribution in [0.1, 0.15) is 10.4 Å². The molecule has 0 unspecified atom stereocenters. The summed E-state index contributed by atoms with van der Waals surface area (Å²) in [6.07, 6.45) is 0. The van der Waals surface area contributed by atoms with Crippen molar-refractivity contribution in [2.24, 2.45) is 0 Å². The van der Waals surface area contributed by atoms with Gasteiger partial charge in [-0.1, -0.05) is 42.5 Å². The number of fused-ring (bicyclic) bond motifs is 1. The van der Waals surface area contributed by atoms with Crippen LogP contribution < -0.4 is 5.62 Å². The van der Waals surface area contributed by atoms with Crippen LogP contribution in [0.4, 0.5) is 0 Å². The Hall–Kier alpha value is -2.66. The van der Waals surface area contributed by atoms with E-state index in [1.54, 1.807) is 4.57 Å². The van der Waals surface area contributed by atoms with Gasteiger partial charge in [0.2, 0.25) is 5.62 Å². The Morgan fingerprint density at radius 3 is 2.17 bits per heavy atom. The van der Waals surface area contributed by atoms with Gasteiger partial charge in [0.05, 0.1) is 17.6 Å². The lowest BCUT2D eigenvalue weighted by Crippen LogP contribution is -2.30. The summed E-state index contributed by atoms with van der Waals surface area (Å²) in [5, 5.41) is 8.53. The molecule has 3 aromatic rings. The summed E-state index contributed by atoms with van der Waals surface area (Å²) in [4.78, 5) is 14.7. The Kier molecular flexibility index (Phi) is 4.62. The van der Waals surface area contributed by atoms with E-state index in [0.717, 1.165) is 24.1 Å². The molecule has 5 heteroatoms. The standard InChI is InChI=1S/C19H22N4O/c1-21(2)12-13-22-16-10-6-7-11-17(16)23(19(22)20)14-18(24)15-8-4-3-5-9-15/h3-11,20H,12-14H2,1-2H3. The topological polar surface area (TPSA) is 54.0 Å². The number of rotatable bonds is 6. The van der Waals surface area contributed by atoms with Crippen molar-refractivity contribution in [1.29, 1.82) is 5.41 Å². The van der Waals surface area contributed by atoms with E-state index in [-0.39, 0.29) is 12.3 Å². The second kappa shape index (κ2) is 6.84. The first kappa shape index (κ1) is 16.2. The van der Waals surface area contributed by atoms with Gasteiger partial charge in [-0.3, -0.25) is 10.2 Å². The number of aromatic nitrogens is 2. The summed E-state index contributed by atoms with van der Waals surface area (Å²) >= 11 is 0. The predicted octanol–water partition coefficient (Wildman–Crippen LogP) is 2.37. The van der Waals surface area contributed by atoms with Crippen molar-refractivity contribution in [2.45, 2.75) is 13.1 Å². The first-order valence-corrected chi connectivity index (χ1v) is 8.03. The Balaban J connectivity index is 2.00. The summed E-state index contributed by atoms with van der Waals surface area (Å²) in [7, 11) is 4.03. The number of carbonyl (C=O) groups is 1. The van der Waals surface area contributed by atoms with Crippen LogP contribution in [0.15, 0.2) is 54.6 Å². The molecule has 1 N–H and O–H groups in total. The molecule has 5 nitrogen and oxygen atoms in total. The average molecular weight is 322 g/mol. The zero-order chi connectivity index (χ0) is 17.1. The highest BCUT2D eigenvalue weighted by molar-refractivity contribution is 5.96. The van der Waals surface area contributed by atoms with Crippen molar-refractivity contribution in [3.63, 3.8) is 0 Å². The minimum Gasteiger partial charge on any atom is -0.309 e. The molecule has 2 aromatic carbocycles. The molecule has 0 saturated carbocycles. The number of ketones is 1. The molecule has 1 aromatic heterocycles. The van der Waals surface area contributed by atoms with Gasteiger partial charge in [0.15, 0.2) is 5.78 Å². The number of carbonyl (C=O) groups excluding carboxylic acids is 1. The van der Waals surface area contributed by atoms with E-state index >= 15 is 0 Å². The molecule has 24 heavy (non-hydrogen) atoms. The second-order valence-electron chi connectivity index (χ2n) is 6.14. The lowest BCUT2D eigenvalue weighted by Gasteiger charge is -2.10. The molecule has 0 fully saturated rings. The van der Waals surface area contributed by atoms with E-state index in [0.29, 0.717) is 11.2 Å². The maximum absolute atomic E-state index is 12.6. The van der Waals surface area contributed by atoms with E-state index in [1.165, 1.54) is 0 Å². The van der Waals surface area contributed by atoms with Crippen LogP contribution in [-0.2, 0) is 13.1 Å². The zero-order valence-corrected chi connectivity index (χ0v) is 14.1. The van der Waals surface area contributed by atoms with E-state index in [9.17, 15) is 4.79 Å². The second-order valence-corrected chi connectivity index (χ2v) is 6.14. The fourth-order valence-corrected chi connectivity index (χ4v) is 2.84. The van der Waals surface area contributed by atoms with Gasteiger partial charge in [0.25, 0.3) is 0 Å². The van der Waals surface area contributed by atoms with Crippen molar-refractivity contribution in [1.82, 2.24) is 14.0 Å². The Morgan fingerprint density at radius 2 is 1.54 bits per heavy atom. The normalized spacial score (nSPS) is 11.3. The van der Waals surface area contributed by atoms with Crippen LogP contribution >= 0.6 is 0 Å². The van der Waals surface area contributed by atoms with Crippen LogP contribution in [-0.4, -0.2) is 40.5 Å². The zero-order valence-electron chi connectivity index (χ0n) is 14.1. The maximum Gasteiger partial charge on any atom is 0.203 e. The predicted molar refractivity (Wildman–Crippen MR) is 95.1 cm³/mol. The molecule has 0 aliphatic rings. The molecule has 0 saturated heterocycles. The summed E-state index contributed by atoms with van der Waals surface area (Å²) in [5.41, 5.74) is 2.95. The third kappa shape index (κ3) is 3.16. The van der Waals surface area contributed by atoms with Crippen LogP contribution in [0, 0.1) is 5.41 Å². The largest absolute Gasteiger partial charge is 0.309 e. The third-order valence-corrected chi connectivity index (χ3v) is 4.14. The summed E-state index contributed by atoms with van der Waals surface area (Å²) in [5.74, 6) is 0.0182. The van der Waals surface area contributed by atoms with Gasteiger partial charge in [-0.15, -0.1) is 0 Å². The third-order valence-electron chi connectivity index (χ3n) is 4.14. The van der Waals surface area contributed by atoms with Crippen LogP contribution in [0.5, 0.6) is 0 Å². The van der Waals surface area contributed by atoms with Crippen molar-refractivity contribution in [3.05, 3.63) is 65.8 Å². The number of nitrogens with one attached hydrogen (secondary N) is 1. The van der Waals surface area contributed by atoms with Gasteiger partial charge < -0.3 is 14.0 Å². The van der Waals surface area contributed by atoms with Crippen LogP contribution in [0.3, 0.4) is 0 Å². The number of para-hydroxylation sites is 2. The molecular formula is C19H22N4O. The first-order valence-electron chi connectivity index (χ1n) is 8.03. The number of hydrogen-bond donors (Lipinski definition) is 1. The number of imidazole rings is 1. The molecule has 1 heterocycles. The Labute approximate surface area is 141 Å². The molecule has 0 amide bonds. The van der Waals surface area contributed by atoms with Crippen molar-refractivity contribution < 1.29 is 4.79 Å². The molecule has 0 aliphatic heterocycles. The molecule has 0 aliphatic carbocycles. The highest BCUT2D eigenvalue weighted by Gasteiger charge is 2.14. The van der Waals surface area contributed by atoms with Gasteiger partial charge >= 0.3 is 0 Å². The lowest BCUT2D eigenvalue weighted by molar-refractivity contribution is 0.0971. The van der Waals surface area contributed by atoms with E-state index in [2.05, 4.69) is 4.90 Å². The van der Waals surface area contributed by atoms with Crippen LogP contribution in [0.2, 0.25) is 0 Å². The maximum atomic E-state index is 12.6. The Bertz CT molecular complexity index is 906. The van der Waals surface area contributed by atoms with Crippen molar-refractivity contribution in [2.75, 3.05) is 20.6 Å². The molecule has 3 rings (SSSR count). The fraction of sp³-hybridized carbons (Fsp3) is 0.263. The molecule has 124 valence electrons. The lowest BCUT2D eigenvalue weighted by atomic mass is 10.1. The molecule has 0 radical (unpaired) electrons. The summed E-state index contributed by atoms with van der Waals surface area (Å²) < 4.78 is 3.76.